The van der Waals surface area contributed by atoms with Crippen molar-refractivity contribution in [1.29, 1.82) is 0 Å². The van der Waals surface area contributed by atoms with Crippen LogP contribution in [0.25, 0.3) is 0 Å². The Hall–Kier alpha value is -1.95. The third kappa shape index (κ3) is 6.31. The minimum atomic E-state index is -0.449. The Morgan fingerprint density at radius 1 is 1.00 bits per heavy atom. The maximum atomic E-state index is 10.6. The summed E-state index contributed by atoms with van der Waals surface area (Å²) in [6, 6.07) is 13.8. The van der Waals surface area contributed by atoms with Crippen molar-refractivity contribution in [2.75, 3.05) is 46.4 Å². The van der Waals surface area contributed by atoms with Gasteiger partial charge in [-0.15, -0.1) is 0 Å². The van der Waals surface area contributed by atoms with Crippen LogP contribution in [-0.2, 0) is 6.42 Å². The lowest BCUT2D eigenvalue weighted by molar-refractivity contribution is 0.0980. The van der Waals surface area contributed by atoms with Crippen LogP contribution in [0, 0.1) is 0 Å². The average Bonchev–Trinajstić information content (AvgIpc) is 2.70. The number of hydrogen-bond acceptors (Lipinski definition) is 5. The molecule has 1 aromatic carbocycles. The Morgan fingerprint density at radius 2 is 1.70 bits per heavy atom. The molecule has 2 heterocycles. The highest BCUT2D eigenvalue weighted by molar-refractivity contribution is 5.28. The summed E-state index contributed by atoms with van der Waals surface area (Å²) in [7, 11) is 1.66. The van der Waals surface area contributed by atoms with Gasteiger partial charge in [-0.3, -0.25) is 4.98 Å². The van der Waals surface area contributed by atoms with Gasteiger partial charge in [0.2, 0.25) is 0 Å². The van der Waals surface area contributed by atoms with E-state index in [9.17, 15) is 5.11 Å². The normalized spacial score (nSPS) is 17.9. The minimum Gasteiger partial charge on any atom is -0.497 e. The zero-order valence-corrected chi connectivity index (χ0v) is 16.3. The van der Waals surface area contributed by atoms with Crippen LogP contribution in [0.15, 0.2) is 48.7 Å². The van der Waals surface area contributed by atoms with E-state index in [4.69, 9.17) is 4.74 Å². The van der Waals surface area contributed by atoms with Gasteiger partial charge in [-0.05, 0) is 68.8 Å². The van der Waals surface area contributed by atoms with Crippen LogP contribution in [0.4, 0.5) is 0 Å². The fourth-order valence-corrected chi connectivity index (χ4v) is 3.66. The van der Waals surface area contributed by atoms with Gasteiger partial charge in [-0.2, -0.15) is 0 Å². The molecule has 3 rings (SSSR count). The number of hydrogen-bond donors (Lipinski definition) is 1. The number of ether oxygens (including phenoxy) is 1. The Labute approximate surface area is 162 Å². The lowest BCUT2D eigenvalue weighted by atomic mass is 10.1. The van der Waals surface area contributed by atoms with Crippen molar-refractivity contribution in [3.63, 3.8) is 0 Å². The number of methoxy groups -OCH3 is 1. The Balaban J connectivity index is 1.42. The van der Waals surface area contributed by atoms with Crippen molar-refractivity contribution in [2.24, 2.45) is 0 Å². The zero-order chi connectivity index (χ0) is 18.9. The van der Waals surface area contributed by atoms with Crippen LogP contribution in [0.1, 0.15) is 30.2 Å². The van der Waals surface area contributed by atoms with E-state index in [1.807, 2.05) is 36.5 Å². The third-order valence-electron chi connectivity index (χ3n) is 5.24. The summed E-state index contributed by atoms with van der Waals surface area (Å²) in [4.78, 5) is 9.36. The van der Waals surface area contributed by atoms with E-state index < -0.39 is 6.10 Å². The highest BCUT2D eigenvalue weighted by Gasteiger charge is 2.17. The van der Waals surface area contributed by atoms with Crippen LogP contribution < -0.4 is 4.74 Å². The second-order valence-corrected chi connectivity index (χ2v) is 7.21. The highest BCUT2D eigenvalue weighted by Crippen LogP contribution is 2.19. The molecule has 2 aromatic rings. The summed E-state index contributed by atoms with van der Waals surface area (Å²) in [5, 5.41) is 10.6. The third-order valence-corrected chi connectivity index (χ3v) is 5.24. The van der Waals surface area contributed by atoms with E-state index in [0.717, 1.165) is 63.3 Å². The van der Waals surface area contributed by atoms with Crippen molar-refractivity contribution in [3.8, 4) is 5.75 Å². The number of aliphatic hydroxyl groups is 1. The molecule has 0 amide bonds. The van der Waals surface area contributed by atoms with Crippen LogP contribution in [-0.4, -0.2) is 66.3 Å². The van der Waals surface area contributed by atoms with Gasteiger partial charge in [-0.25, -0.2) is 0 Å². The molecule has 27 heavy (non-hydrogen) atoms. The van der Waals surface area contributed by atoms with Crippen LogP contribution in [0.5, 0.6) is 5.75 Å². The van der Waals surface area contributed by atoms with E-state index in [1.54, 1.807) is 7.11 Å². The van der Waals surface area contributed by atoms with Crippen molar-refractivity contribution >= 4 is 0 Å². The first kappa shape index (κ1) is 19.8. The summed E-state index contributed by atoms with van der Waals surface area (Å²) in [5.41, 5.74) is 2.12. The first-order valence-corrected chi connectivity index (χ1v) is 9.91. The van der Waals surface area contributed by atoms with Crippen molar-refractivity contribution in [1.82, 2.24) is 14.8 Å². The van der Waals surface area contributed by atoms with Crippen molar-refractivity contribution < 1.29 is 9.84 Å². The van der Waals surface area contributed by atoms with Gasteiger partial charge in [0, 0.05) is 31.4 Å². The molecular formula is C22H31N3O2. The topological polar surface area (TPSA) is 48.8 Å². The van der Waals surface area contributed by atoms with Crippen LogP contribution >= 0.6 is 0 Å². The molecule has 1 saturated heterocycles. The number of benzene rings is 1. The van der Waals surface area contributed by atoms with Crippen molar-refractivity contribution in [3.05, 3.63) is 59.9 Å². The lowest BCUT2D eigenvalue weighted by Crippen LogP contribution is -2.39. The van der Waals surface area contributed by atoms with E-state index in [-0.39, 0.29) is 0 Å². The molecule has 0 saturated carbocycles. The van der Waals surface area contributed by atoms with E-state index >= 15 is 0 Å². The Morgan fingerprint density at radius 3 is 2.33 bits per heavy atom. The van der Waals surface area contributed by atoms with Crippen LogP contribution in [0.3, 0.4) is 0 Å². The first-order valence-electron chi connectivity index (χ1n) is 9.91. The molecule has 5 heteroatoms. The molecular weight excluding hydrogens is 338 g/mol. The molecule has 0 radical (unpaired) electrons. The molecule has 1 aliphatic heterocycles. The molecule has 1 fully saturated rings. The van der Waals surface area contributed by atoms with E-state index in [0.29, 0.717) is 6.54 Å². The fraction of sp³-hybridized carbons (Fsp3) is 0.500. The maximum Gasteiger partial charge on any atom is 0.118 e. The summed E-state index contributed by atoms with van der Waals surface area (Å²) in [6.45, 7) is 6.07. The maximum absolute atomic E-state index is 10.6. The number of aromatic nitrogens is 1. The number of nitrogens with zero attached hydrogens (tertiary/aromatic N) is 3. The number of rotatable bonds is 7. The predicted octanol–water partition coefficient (Wildman–Crippen LogP) is 2.76. The summed E-state index contributed by atoms with van der Waals surface area (Å²) in [5.74, 6) is 0.822. The van der Waals surface area contributed by atoms with Crippen molar-refractivity contribution in [2.45, 2.75) is 25.4 Å². The van der Waals surface area contributed by atoms with Gasteiger partial charge in [-0.1, -0.05) is 18.2 Å². The molecule has 1 unspecified atom stereocenters. The summed E-state index contributed by atoms with van der Waals surface area (Å²) < 4.78 is 5.19. The molecule has 1 atom stereocenters. The Bertz CT molecular complexity index is 653. The van der Waals surface area contributed by atoms with Gasteiger partial charge in [0.25, 0.3) is 0 Å². The second-order valence-electron chi connectivity index (χ2n) is 7.21. The largest absolute Gasteiger partial charge is 0.497 e. The summed E-state index contributed by atoms with van der Waals surface area (Å²) >= 11 is 0. The van der Waals surface area contributed by atoms with Crippen LogP contribution in [0.2, 0.25) is 0 Å². The molecule has 0 spiro atoms. The van der Waals surface area contributed by atoms with Gasteiger partial charge in [0.05, 0.1) is 13.2 Å². The molecule has 0 aliphatic carbocycles. The molecule has 146 valence electrons. The SMILES string of the molecule is COc1ccc(C(O)CN2CCCN(CCc3ccccn3)CCC2)cc1. The minimum absolute atomic E-state index is 0.449. The standard InChI is InChI=1S/C22H31N3O2/c1-27-21-9-7-19(8-10-21)22(26)18-25-15-4-13-24(14-5-16-25)17-11-20-6-2-3-12-23-20/h2-3,6-10,12,22,26H,4-5,11,13-18H2,1H3. The average molecular weight is 370 g/mol. The van der Waals surface area contributed by atoms with Gasteiger partial charge >= 0.3 is 0 Å². The first-order chi connectivity index (χ1) is 13.2. The zero-order valence-electron chi connectivity index (χ0n) is 16.3. The molecule has 0 bridgehead atoms. The van der Waals surface area contributed by atoms with Gasteiger partial charge in [0.1, 0.15) is 5.75 Å². The monoisotopic (exact) mass is 369 g/mol. The molecule has 1 aliphatic rings. The van der Waals surface area contributed by atoms with Gasteiger partial charge in [0.15, 0.2) is 0 Å². The van der Waals surface area contributed by atoms with Gasteiger partial charge < -0.3 is 19.6 Å². The fourth-order valence-electron chi connectivity index (χ4n) is 3.66. The lowest BCUT2D eigenvalue weighted by Gasteiger charge is -2.31. The van der Waals surface area contributed by atoms with E-state index in [2.05, 4.69) is 26.9 Å². The molecule has 5 nitrogen and oxygen atoms in total. The summed E-state index contributed by atoms with van der Waals surface area (Å²) in [6.07, 6.45) is 4.71. The second kappa shape index (κ2) is 10.4. The smallest absolute Gasteiger partial charge is 0.118 e. The number of β-amino-alcohol motifs (C(OH)–C–C–N with tert-alkyl or cyclic N) is 1. The van der Waals surface area contributed by atoms with E-state index in [1.165, 1.54) is 5.69 Å². The quantitative estimate of drug-likeness (QED) is 0.813. The Kier molecular flexibility index (Phi) is 7.63. The highest BCUT2D eigenvalue weighted by atomic mass is 16.5. The molecule has 1 aromatic heterocycles. The number of pyridine rings is 1. The predicted molar refractivity (Wildman–Crippen MR) is 108 cm³/mol. The number of aliphatic hydroxyl groups excluding tert-OH is 1. The molecule has 1 N–H and O–H groups in total.